The number of rotatable bonds is 13. The van der Waals surface area contributed by atoms with Crippen LogP contribution in [0, 0.1) is 17.0 Å². The predicted molar refractivity (Wildman–Crippen MR) is 148 cm³/mol. The fraction of sp³-hybridized carbons (Fsp3) is 0.655. The van der Waals surface area contributed by atoms with Crippen molar-refractivity contribution < 1.29 is 14.4 Å². The van der Waals surface area contributed by atoms with Crippen LogP contribution in [0.25, 0.3) is 0 Å². The summed E-state index contributed by atoms with van der Waals surface area (Å²) in [6.07, 6.45) is 8.58. The zero-order valence-electron chi connectivity index (χ0n) is 23.0. The Hall–Kier alpha value is -2.58. The Labute approximate surface area is 222 Å². The Morgan fingerprint density at radius 2 is 1.76 bits per heavy atom. The summed E-state index contributed by atoms with van der Waals surface area (Å²) in [4.78, 5) is 45.7. The highest BCUT2D eigenvalue weighted by Gasteiger charge is 2.38. The quantitative estimate of drug-likeness (QED) is 0.308. The topological polar surface area (TPSA) is 119 Å². The molecule has 1 aliphatic rings. The Bertz CT molecular complexity index is 883. The number of amides is 3. The highest BCUT2D eigenvalue weighted by atomic mass is 16.5. The maximum Gasteiger partial charge on any atom is 0.247 e. The number of carbonyl (C=O) groups excluding carboxylic acids is 3. The Morgan fingerprint density at radius 1 is 1.11 bits per heavy atom. The van der Waals surface area contributed by atoms with Gasteiger partial charge in [0.15, 0.2) is 0 Å². The minimum Gasteiger partial charge on any atom is -0.756 e. The van der Waals surface area contributed by atoms with Crippen LogP contribution in [0.3, 0.4) is 0 Å². The molecule has 37 heavy (non-hydrogen) atoms. The van der Waals surface area contributed by atoms with Crippen molar-refractivity contribution in [3.05, 3.63) is 41.1 Å². The predicted octanol–water partition coefficient (Wildman–Crippen LogP) is 4.49. The van der Waals surface area contributed by atoms with Crippen LogP contribution >= 0.6 is 0 Å². The van der Waals surface area contributed by atoms with Gasteiger partial charge < -0.3 is 16.0 Å². The van der Waals surface area contributed by atoms with Gasteiger partial charge in [-0.2, -0.15) is 0 Å². The van der Waals surface area contributed by atoms with Gasteiger partial charge in [-0.3, -0.25) is 24.3 Å². The van der Waals surface area contributed by atoms with Crippen LogP contribution in [0.1, 0.15) is 84.1 Å². The summed E-state index contributed by atoms with van der Waals surface area (Å²) in [5.41, 5.74) is 7.15. The molecule has 3 atom stereocenters. The van der Waals surface area contributed by atoms with E-state index < -0.39 is 35.8 Å². The SMILES string of the molecule is CCC[C@@H](C(=O)N([O-])[C@H](C=NC)CC1CCCCC1)N(C(=O)CC(C)C)C(=O)[C@@H](N)Cc1ccccc1. The van der Waals surface area contributed by atoms with E-state index in [1.807, 2.05) is 51.1 Å². The van der Waals surface area contributed by atoms with Gasteiger partial charge in [-0.25, -0.2) is 0 Å². The highest BCUT2D eigenvalue weighted by molar-refractivity contribution is 6.02. The van der Waals surface area contributed by atoms with E-state index in [4.69, 9.17) is 5.73 Å². The number of hydroxylamine groups is 2. The number of aliphatic imine (C=N–C) groups is 1. The van der Waals surface area contributed by atoms with Crippen molar-refractivity contribution >= 4 is 23.9 Å². The number of hydrogen-bond donors (Lipinski definition) is 1. The minimum atomic E-state index is -1.19. The molecule has 2 rings (SSSR count). The molecule has 206 valence electrons. The van der Waals surface area contributed by atoms with Crippen molar-refractivity contribution in [3.8, 4) is 0 Å². The van der Waals surface area contributed by atoms with E-state index >= 15 is 0 Å². The van der Waals surface area contributed by atoms with Gasteiger partial charge in [0.1, 0.15) is 6.04 Å². The van der Waals surface area contributed by atoms with Gasteiger partial charge in [0.25, 0.3) is 0 Å². The molecule has 0 saturated heterocycles. The van der Waals surface area contributed by atoms with Gasteiger partial charge >= 0.3 is 0 Å². The highest BCUT2D eigenvalue weighted by Crippen LogP contribution is 2.29. The summed E-state index contributed by atoms with van der Waals surface area (Å²) >= 11 is 0. The third-order valence-electron chi connectivity index (χ3n) is 7.00. The van der Waals surface area contributed by atoms with Crippen LogP contribution in [-0.2, 0) is 20.8 Å². The molecule has 1 fully saturated rings. The standard InChI is InChI=1S/C29H45N4O4/c1-5-12-26(29(36)33(37)24(20-31-4)18-22-13-8-6-9-14-22)32(27(34)17-21(2)3)28(35)25(30)19-23-15-10-7-11-16-23/h7,10-11,15-16,20-22,24-26H,5-6,8-9,12-14,17-19,30H2,1-4H3/q-1/t24-,25-,26-/m0/s1. The maximum atomic E-state index is 13.7. The first-order chi connectivity index (χ1) is 17.7. The number of nitrogens with two attached hydrogens (primary N) is 1. The smallest absolute Gasteiger partial charge is 0.247 e. The first-order valence-corrected chi connectivity index (χ1v) is 13.8. The van der Waals surface area contributed by atoms with Crippen molar-refractivity contribution in [2.75, 3.05) is 7.05 Å². The van der Waals surface area contributed by atoms with Crippen LogP contribution in [0.15, 0.2) is 35.3 Å². The molecule has 0 aliphatic heterocycles. The molecule has 8 nitrogen and oxygen atoms in total. The van der Waals surface area contributed by atoms with E-state index in [0.29, 0.717) is 23.8 Å². The van der Waals surface area contributed by atoms with Crippen molar-refractivity contribution in [2.45, 2.75) is 103 Å². The minimum absolute atomic E-state index is 0.0276. The van der Waals surface area contributed by atoms with E-state index in [1.54, 1.807) is 7.05 Å². The Balaban J connectivity index is 2.33. The van der Waals surface area contributed by atoms with Crippen molar-refractivity contribution in [1.29, 1.82) is 0 Å². The molecule has 3 amide bonds. The molecule has 8 heteroatoms. The lowest BCUT2D eigenvalue weighted by molar-refractivity contribution is -0.156. The molecule has 0 spiro atoms. The lowest BCUT2D eigenvalue weighted by atomic mass is 9.85. The average Bonchev–Trinajstić information content (AvgIpc) is 2.88. The van der Waals surface area contributed by atoms with E-state index in [9.17, 15) is 19.6 Å². The number of imide groups is 1. The van der Waals surface area contributed by atoms with Gasteiger partial charge in [0, 0.05) is 19.7 Å². The zero-order valence-corrected chi connectivity index (χ0v) is 23.0. The summed E-state index contributed by atoms with van der Waals surface area (Å²) in [7, 11) is 1.58. The van der Waals surface area contributed by atoms with Crippen LogP contribution in [-0.4, -0.2) is 59.1 Å². The second-order valence-corrected chi connectivity index (χ2v) is 10.7. The third-order valence-corrected chi connectivity index (χ3v) is 7.00. The largest absolute Gasteiger partial charge is 0.756 e. The van der Waals surface area contributed by atoms with Gasteiger partial charge in [-0.05, 0) is 36.7 Å². The molecular weight excluding hydrogens is 468 g/mol. The molecule has 0 heterocycles. The summed E-state index contributed by atoms with van der Waals surface area (Å²) < 4.78 is 0. The summed E-state index contributed by atoms with van der Waals surface area (Å²) in [6.45, 7) is 5.61. The number of hydrogen-bond acceptors (Lipinski definition) is 6. The first-order valence-electron chi connectivity index (χ1n) is 13.8. The molecule has 1 aliphatic carbocycles. The molecule has 1 aromatic carbocycles. The molecule has 0 unspecified atom stereocenters. The lowest BCUT2D eigenvalue weighted by Gasteiger charge is -2.42. The second-order valence-electron chi connectivity index (χ2n) is 10.7. The molecule has 0 aromatic heterocycles. The van der Waals surface area contributed by atoms with E-state index in [1.165, 1.54) is 12.6 Å². The molecule has 1 aromatic rings. The number of nitrogens with zero attached hydrogens (tertiary/aromatic N) is 3. The average molecular weight is 514 g/mol. The normalized spacial score (nSPS) is 16.9. The van der Waals surface area contributed by atoms with E-state index in [-0.39, 0.29) is 25.2 Å². The number of carbonyl (C=O) groups is 3. The fourth-order valence-electron chi connectivity index (χ4n) is 5.13. The molecule has 2 N–H and O–H groups in total. The number of benzene rings is 1. The van der Waals surface area contributed by atoms with Crippen LogP contribution in [0.5, 0.6) is 0 Å². The molecular formula is C29H45N4O4-. The van der Waals surface area contributed by atoms with Gasteiger partial charge in [-0.15, -0.1) is 0 Å². The molecule has 0 bridgehead atoms. The second kappa shape index (κ2) is 15.6. The fourth-order valence-corrected chi connectivity index (χ4v) is 5.13. The van der Waals surface area contributed by atoms with Crippen molar-refractivity contribution in [3.63, 3.8) is 0 Å². The Morgan fingerprint density at radius 3 is 2.32 bits per heavy atom. The van der Waals surface area contributed by atoms with Gasteiger partial charge in [0.2, 0.25) is 17.7 Å². The van der Waals surface area contributed by atoms with Crippen LogP contribution in [0.2, 0.25) is 0 Å². The van der Waals surface area contributed by atoms with Crippen molar-refractivity contribution in [2.24, 2.45) is 22.6 Å². The maximum absolute atomic E-state index is 13.7. The molecule has 1 saturated carbocycles. The third kappa shape index (κ3) is 9.34. The monoisotopic (exact) mass is 513 g/mol. The Kier molecular flexibility index (Phi) is 12.9. The summed E-state index contributed by atoms with van der Waals surface area (Å²) in [5, 5.41) is 13.9. The van der Waals surface area contributed by atoms with Gasteiger partial charge in [0.05, 0.1) is 12.1 Å². The van der Waals surface area contributed by atoms with E-state index in [0.717, 1.165) is 36.1 Å². The van der Waals surface area contributed by atoms with Gasteiger partial charge in [-0.1, -0.05) is 89.6 Å². The first kappa shape index (κ1) is 30.6. The zero-order chi connectivity index (χ0) is 27.4. The van der Waals surface area contributed by atoms with Crippen LogP contribution < -0.4 is 5.73 Å². The lowest BCUT2D eigenvalue weighted by Crippen LogP contribution is -2.58. The summed E-state index contributed by atoms with van der Waals surface area (Å²) in [6, 6.07) is 6.38. The summed E-state index contributed by atoms with van der Waals surface area (Å²) in [5.74, 6) is -1.55. The van der Waals surface area contributed by atoms with Crippen LogP contribution in [0.4, 0.5) is 0 Å². The van der Waals surface area contributed by atoms with Crippen molar-refractivity contribution in [1.82, 2.24) is 9.96 Å². The van der Waals surface area contributed by atoms with E-state index in [2.05, 4.69) is 4.99 Å². The molecule has 0 radical (unpaired) electrons.